The average molecular weight is 270 g/mol. The van der Waals surface area contributed by atoms with Gasteiger partial charge in [0.15, 0.2) is 0 Å². The van der Waals surface area contributed by atoms with Crippen LogP contribution in [0.2, 0.25) is 0 Å². The van der Waals surface area contributed by atoms with Gasteiger partial charge in [0.1, 0.15) is 17.8 Å². The normalized spacial score (nSPS) is 21.4. The van der Waals surface area contributed by atoms with Crippen molar-refractivity contribution < 1.29 is 9.53 Å². The van der Waals surface area contributed by atoms with Crippen LogP contribution in [0.5, 0.6) is 5.88 Å². The summed E-state index contributed by atoms with van der Waals surface area (Å²) in [6.07, 6.45) is 4.90. The third-order valence-electron chi connectivity index (χ3n) is 2.87. The van der Waals surface area contributed by atoms with Crippen molar-refractivity contribution in [1.29, 1.82) is 0 Å². The molecule has 1 amide bonds. The number of carbonyl (C=O) groups is 1. The Labute approximate surface area is 111 Å². The van der Waals surface area contributed by atoms with E-state index in [1.165, 1.54) is 6.33 Å². The minimum atomic E-state index is -0.484. The van der Waals surface area contributed by atoms with Crippen molar-refractivity contribution in [2.24, 2.45) is 0 Å². The molecule has 0 radical (unpaired) electrons. The molecule has 2 heterocycles. The molecule has 1 saturated heterocycles. The summed E-state index contributed by atoms with van der Waals surface area (Å²) in [6, 6.07) is 1.71. The molecule has 18 heavy (non-hydrogen) atoms. The molecule has 0 aromatic carbocycles. The van der Waals surface area contributed by atoms with Crippen LogP contribution in [0, 0.1) is 0 Å². The Balaban J connectivity index is 1.93. The van der Waals surface area contributed by atoms with Crippen molar-refractivity contribution in [3.05, 3.63) is 18.6 Å². The minimum Gasteiger partial charge on any atom is -0.472 e. The maximum Gasteiger partial charge on any atom is 0.240 e. The first-order chi connectivity index (χ1) is 8.66. The Morgan fingerprint density at radius 1 is 1.67 bits per heavy atom. The third-order valence-corrected chi connectivity index (χ3v) is 3.06. The third kappa shape index (κ3) is 3.32. The number of piperidine rings is 1. The fourth-order valence-corrected chi connectivity index (χ4v) is 2.14. The number of hydrogen-bond donors (Lipinski definition) is 0. The number of carbonyl (C=O) groups excluding carboxylic acids is 1. The van der Waals surface area contributed by atoms with Gasteiger partial charge in [-0.3, -0.25) is 4.79 Å². The number of alkyl halides is 1. The van der Waals surface area contributed by atoms with Crippen molar-refractivity contribution >= 4 is 17.5 Å². The number of rotatable bonds is 3. The molecule has 1 aromatic heterocycles. The number of likely N-dealkylation sites (tertiary alicyclic amines) is 1. The largest absolute Gasteiger partial charge is 0.472 e. The molecule has 2 unspecified atom stereocenters. The van der Waals surface area contributed by atoms with Gasteiger partial charge in [-0.05, 0) is 19.8 Å². The molecule has 1 aliphatic heterocycles. The summed E-state index contributed by atoms with van der Waals surface area (Å²) >= 11 is 5.82. The van der Waals surface area contributed by atoms with Gasteiger partial charge in [-0.2, -0.15) is 0 Å². The minimum absolute atomic E-state index is 0.0204. The van der Waals surface area contributed by atoms with E-state index in [0.717, 1.165) is 19.4 Å². The highest BCUT2D eigenvalue weighted by molar-refractivity contribution is 6.30. The van der Waals surface area contributed by atoms with Crippen LogP contribution in [0.3, 0.4) is 0 Å². The summed E-state index contributed by atoms with van der Waals surface area (Å²) in [4.78, 5) is 21.4. The molecule has 0 aliphatic carbocycles. The van der Waals surface area contributed by atoms with Gasteiger partial charge in [0.2, 0.25) is 11.8 Å². The standard InChI is InChI=1S/C12H16ClN3O2/c1-9(13)12(17)16-6-2-3-10(7-16)18-11-4-5-14-8-15-11/h4-5,8-10H,2-3,6-7H2,1H3. The van der Waals surface area contributed by atoms with Crippen LogP contribution in [0.1, 0.15) is 19.8 Å². The van der Waals surface area contributed by atoms with E-state index >= 15 is 0 Å². The number of aromatic nitrogens is 2. The van der Waals surface area contributed by atoms with Crippen molar-refractivity contribution in [3.8, 4) is 5.88 Å². The molecule has 5 nitrogen and oxygen atoms in total. The molecule has 0 N–H and O–H groups in total. The summed E-state index contributed by atoms with van der Waals surface area (Å²) in [5.41, 5.74) is 0. The van der Waals surface area contributed by atoms with Gasteiger partial charge in [-0.1, -0.05) is 0 Å². The van der Waals surface area contributed by atoms with Gasteiger partial charge in [-0.25, -0.2) is 9.97 Å². The fourth-order valence-electron chi connectivity index (χ4n) is 2.01. The van der Waals surface area contributed by atoms with E-state index in [1.807, 2.05) is 0 Å². The van der Waals surface area contributed by atoms with E-state index in [0.29, 0.717) is 12.4 Å². The quantitative estimate of drug-likeness (QED) is 0.780. The summed E-state index contributed by atoms with van der Waals surface area (Å²) in [5.74, 6) is 0.510. The Morgan fingerprint density at radius 2 is 2.50 bits per heavy atom. The smallest absolute Gasteiger partial charge is 0.240 e. The first-order valence-corrected chi connectivity index (χ1v) is 6.46. The predicted molar refractivity (Wildman–Crippen MR) is 67.6 cm³/mol. The molecule has 2 atom stereocenters. The molecule has 0 saturated carbocycles. The van der Waals surface area contributed by atoms with E-state index in [1.54, 1.807) is 24.1 Å². The van der Waals surface area contributed by atoms with Crippen molar-refractivity contribution in [1.82, 2.24) is 14.9 Å². The van der Waals surface area contributed by atoms with Crippen LogP contribution < -0.4 is 4.74 Å². The number of amides is 1. The molecule has 6 heteroatoms. The molecule has 1 fully saturated rings. The Hall–Kier alpha value is -1.36. The summed E-state index contributed by atoms with van der Waals surface area (Å²) in [6.45, 7) is 3.01. The van der Waals surface area contributed by atoms with Crippen LogP contribution in [0.25, 0.3) is 0 Å². The lowest BCUT2D eigenvalue weighted by Gasteiger charge is -2.33. The van der Waals surface area contributed by atoms with E-state index < -0.39 is 5.38 Å². The molecule has 0 spiro atoms. The van der Waals surface area contributed by atoms with Gasteiger partial charge in [-0.15, -0.1) is 11.6 Å². The van der Waals surface area contributed by atoms with Crippen molar-refractivity contribution in [3.63, 3.8) is 0 Å². The highest BCUT2D eigenvalue weighted by Gasteiger charge is 2.27. The number of halogens is 1. The van der Waals surface area contributed by atoms with Crippen molar-refractivity contribution in [2.75, 3.05) is 13.1 Å². The van der Waals surface area contributed by atoms with Gasteiger partial charge in [0.25, 0.3) is 0 Å². The second-order valence-corrected chi connectivity index (χ2v) is 4.98. The van der Waals surface area contributed by atoms with E-state index in [9.17, 15) is 4.79 Å². The topological polar surface area (TPSA) is 55.3 Å². The van der Waals surface area contributed by atoms with Gasteiger partial charge < -0.3 is 9.64 Å². The molecule has 98 valence electrons. The molecule has 1 aromatic rings. The molecular formula is C12H16ClN3O2. The van der Waals surface area contributed by atoms with Crippen molar-refractivity contribution in [2.45, 2.75) is 31.2 Å². The number of ether oxygens (including phenoxy) is 1. The highest BCUT2D eigenvalue weighted by Crippen LogP contribution is 2.17. The van der Waals surface area contributed by atoms with Crippen LogP contribution >= 0.6 is 11.6 Å². The molecule has 1 aliphatic rings. The van der Waals surface area contributed by atoms with E-state index in [-0.39, 0.29) is 12.0 Å². The molecule has 0 bridgehead atoms. The van der Waals surface area contributed by atoms with Crippen LogP contribution in [-0.2, 0) is 4.79 Å². The zero-order valence-electron chi connectivity index (χ0n) is 10.3. The number of hydrogen-bond acceptors (Lipinski definition) is 4. The van der Waals surface area contributed by atoms with Crippen LogP contribution in [0.15, 0.2) is 18.6 Å². The van der Waals surface area contributed by atoms with Gasteiger partial charge in [0, 0.05) is 18.8 Å². The average Bonchev–Trinajstić information content (AvgIpc) is 2.39. The lowest BCUT2D eigenvalue weighted by molar-refractivity contribution is -0.133. The number of nitrogens with zero attached hydrogens (tertiary/aromatic N) is 3. The summed E-state index contributed by atoms with van der Waals surface area (Å²) < 4.78 is 5.73. The lowest BCUT2D eigenvalue weighted by atomic mass is 10.1. The Bertz CT molecular complexity index is 400. The van der Waals surface area contributed by atoms with Gasteiger partial charge >= 0.3 is 0 Å². The SMILES string of the molecule is CC(Cl)C(=O)N1CCCC(Oc2ccncn2)C1. The van der Waals surface area contributed by atoms with Crippen LogP contribution in [0.4, 0.5) is 0 Å². The maximum absolute atomic E-state index is 11.8. The maximum atomic E-state index is 11.8. The first kappa shape index (κ1) is 13.1. The lowest BCUT2D eigenvalue weighted by Crippen LogP contribution is -2.46. The van der Waals surface area contributed by atoms with E-state index in [2.05, 4.69) is 9.97 Å². The second kappa shape index (κ2) is 6.00. The van der Waals surface area contributed by atoms with E-state index in [4.69, 9.17) is 16.3 Å². The fraction of sp³-hybridized carbons (Fsp3) is 0.583. The van der Waals surface area contributed by atoms with Gasteiger partial charge in [0.05, 0.1) is 6.54 Å². The van der Waals surface area contributed by atoms with Crippen LogP contribution in [-0.4, -0.2) is 45.3 Å². The zero-order chi connectivity index (χ0) is 13.0. The zero-order valence-corrected chi connectivity index (χ0v) is 11.0. The predicted octanol–water partition coefficient (Wildman–Crippen LogP) is 1.47. The highest BCUT2D eigenvalue weighted by atomic mass is 35.5. The molecule has 2 rings (SSSR count). The second-order valence-electron chi connectivity index (χ2n) is 4.33. The molecular weight excluding hydrogens is 254 g/mol. The Morgan fingerprint density at radius 3 is 3.17 bits per heavy atom. The summed E-state index contributed by atoms with van der Waals surface area (Å²) in [5, 5.41) is -0.484. The first-order valence-electron chi connectivity index (χ1n) is 6.02. The Kier molecular flexibility index (Phi) is 4.36. The monoisotopic (exact) mass is 269 g/mol. The summed E-state index contributed by atoms with van der Waals surface area (Å²) in [7, 11) is 0.